The molecule has 6 heteroatoms. The third kappa shape index (κ3) is 6.36. The van der Waals surface area contributed by atoms with E-state index in [-0.39, 0.29) is 0 Å². The van der Waals surface area contributed by atoms with Crippen LogP contribution in [0.25, 0.3) is 0 Å². The van der Waals surface area contributed by atoms with Crippen molar-refractivity contribution in [1.82, 2.24) is 20.0 Å². The maximum Gasteiger partial charge on any atom is 0.194 e. The number of nitrogens with one attached hydrogen (secondary N) is 1. The Morgan fingerprint density at radius 3 is 2.66 bits per heavy atom. The molecule has 1 atom stereocenters. The van der Waals surface area contributed by atoms with Crippen LogP contribution in [-0.4, -0.2) is 67.0 Å². The van der Waals surface area contributed by atoms with Crippen LogP contribution in [0, 0.1) is 5.92 Å². The predicted octanol–water partition coefficient (Wildman–Crippen LogP) is 3.79. The summed E-state index contributed by atoms with van der Waals surface area (Å²) in [6.45, 7) is 11.5. The molecule has 1 unspecified atom stereocenters. The molecule has 0 aliphatic carbocycles. The first-order valence-corrected chi connectivity index (χ1v) is 12.2. The molecule has 3 heterocycles. The molecule has 0 radical (unpaired) electrons. The van der Waals surface area contributed by atoms with Gasteiger partial charge in [0.15, 0.2) is 5.96 Å². The van der Waals surface area contributed by atoms with Gasteiger partial charge in [0.1, 0.15) is 5.76 Å². The van der Waals surface area contributed by atoms with E-state index in [9.17, 15) is 0 Å². The average molecular weight is 438 g/mol. The number of guanidine groups is 1. The Morgan fingerprint density at radius 2 is 1.91 bits per heavy atom. The van der Waals surface area contributed by atoms with Gasteiger partial charge in [0.2, 0.25) is 0 Å². The fourth-order valence-corrected chi connectivity index (χ4v) is 4.97. The largest absolute Gasteiger partial charge is 0.468 e. The van der Waals surface area contributed by atoms with Gasteiger partial charge in [-0.2, -0.15) is 0 Å². The van der Waals surface area contributed by atoms with E-state index in [2.05, 4.69) is 58.3 Å². The molecule has 174 valence electrons. The minimum atomic E-state index is 0.709. The summed E-state index contributed by atoms with van der Waals surface area (Å²) in [5.74, 6) is 2.82. The van der Waals surface area contributed by atoms with E-state index in [1.54, 1.807) is 6.26 Å². The lowest BCUT2D eigenvalue weighted by atomic mass is 10.1. The first-order chi connectivity index (χ1) is 15.7. The van der Waals surface area contributed by atoms with E-state index in [1.807, 2.05) is 12.1 Å². The van der Waals surface area contributed by atoms with Gasteiger partial charge in [0.05, 0.1) is 19.4 Å². The monoisotopic (exact) mass is 437 g/mol. The van der Waals surface area contributed by atoms with E-state index >= 15 is 0 Å². The van der Waals surface area contributed by atoms with Crippen molar-refractivity contribution in [3.8, 4) is 0 Å². The van der Waals surface area contributed by atoms with Gasteiger partial charge in [-0.25, -0.2) is 4.99 Å². The molecule has 0 amide bonds. The Labute approximate surface area is 193 Å². The summed E-state index contributed by atoms with van der Waals surface area (Å²) in [7, 11) is 2.14. The predicted molar refractivity (Wildman–Crippen MR) is 130 cm³/mol. The van der Waals surface area contributed by atoms with Crippen LogP contribution in [0.1, 0.15) is 43.1 Å². The molecule has 4 rings (SSSR count). The van der Waals surface area contributed by atoms with Gasteiger partial charge in [-0.3, -0.25) is 4.90 Å². The quantitative estimate of drug-likeness (QED) is 0.478. The number of hydrogen-bond donors (Lipinski definition) is 1. The van der Waals surface area contributed by atoms with E-state index in [4.69, 9.17) is 9.41 Å². The number of benzene rings is 1. The van der Waals surface area contributed by atoms with Crippen LogP contribution in [0.3, 0.4) is 0 Å². The van der Waals surface area contributed by atoms with Crippen LogP contribution >= 0.6 is 0 Å². The molecule has 2 aromatic rings. The van der Waals surface area contributed by atoms with Crippen LogP contribution in [-0.2, 0) is 19.6 Å². The second kappa shape index (κ2) is 11.5. The first kappa shape index (κ1) is 22.9. The Balaban J connectivity index is 1.36. The molecule has 1 aromatic carbocycles. The van der Waals surface area contributed by atoms with Crippen molar-refractivity contribution in [1.29, 1.82) is 0 Å². The van der Waals surface area contributed by atoms with Crippen molar-refractivity contribution in [3.05, 3.63) is 59.5 Å². The van der Waals surface area contributed by atoms with Crippen molar-refractivity contribution in [2.45, 2.75) is 45.8 Å². The number of nitrogens with zero attached hydrogens (tertiary/aromatic N) is 4. The van der Waals surface area contributed by atoms with E-state index < -0.39 is 0 Å². The third-order valence-corrected chi connectivity index (χ3v) is 6.60. The normalized spacial score (nSPS) is 19.9. The summed E-state index contributed by atoms with van der Waals surface area (Å²) in [5.41, 5.74) is 2.62. The van der Waals surface area contributed by atoms with Crippen molar-refractivity contribution in [2.75, 3.05) is 46.3 Å². The van der Waals surface area contributed by atoms with Gasteiger partial charge < -0.3 is 19.5 Å². The maximum atomic E-state index is 5.50. The standard InChI is InChI=1S/C26H39N5O/c1-3-27-26(31-15-12-22(19-31)18-30-13-6-7-14-30)28-17-23-9-4-5-10-24(23)20-29(2)21-25-11-8-16-32-25/h4-5,8-11,16,22H,3,6-7,12-15,17-21H2,1-2H3,(H,27,28). The Morgan fingerprint density at radius 1 is 1.09 bits per heavy atom. The number of aliphatic imine (C=N–C) groups is 1. The van der Waals surface area contributed by atoms with Crippen LogP contribution in [0.4, 0.5) is 0 Å². The molecule has 0 spiro atoms. The zero-order chi connectivity index (χ0) is 22.2. The molecule has 2 saturated heterocycles. The number of hydrogen-bond acceptors (Lipinski definition) is 4. The molecular formula is C26H39N5O. The zero-order valence-corrected chi connectivity index (χ0v) is 19.8. The molecule has 6 nitrogen and oxygen atoms in total. The minimum absolute atomic E-state index is 0.709. The van der Waals surface area contributed by atoms with E-state index in [0.717, 1.165) is 50.4 Å². The van der Waals surface area contributed by atoms with Crippen LogP contribution in [0.15, 0.2) is 52.1 Å². The highest BCUT2D eigenvalue weighted by atomic mass is 16.3. The summed E-state index contributed by atoms with van der Waals surface area (Å²) in [5, 5.41) is 3.54. The number of furan rings is 1. The van der Waals surface area contributed by atoms with Gasteiger partial charge in [-0.1, -0.05) is 24.3 Å². The van der Waals surface area contributed by atoms with Crippen LogP contribution in [0.5, 0.6) is 0 Å². The lowest BCUT2D eigenvalue weighted by molar-refractivity contribution is 0.281. The molecule has 1 aromatic heterocycles. The number of likely N-dealkylation sites (tertiary alicyclic amines) is 2. The fourth-order valence-electron chi connectivity index (χ4n) is 4.97. The average Bonchev–Trinajstić information content (AvgIpc) is 3.56. The van der Waals surface area contributed by atoms with Gasteiger partial charge in [0.25, 0.3) is 0 Å². The molecular weight excluding hydrogens is 398 g/mol. The second-order valence-corrected chi connectivity index (χ2v) is 9.30. The molecule has 2 aliphatic rings. The molecule has 32 heavy (non-hydrogen) atoms. The van der Waals surface area contributed by atoms with Gasteiger partial charge in [-0.15, -0.1) is 0 Å². The Kier molecular flexibility index (Phi) is 8.24. The van der Waals surface area contributed by atoms with Crippen LogP contribution < -0.4 is 5.32 Å². The van der Waals surface area contributed by atoms with Crippen molar-refractivity contribution in [2.24, 2.45) is 10.9 Å². The SMILES string of the molecule is CCNC(=NCc1ccccc1CN(C)Cc1ccco1)N1CCC(CN2CCCC2)C1. The number of rotatable bonds is 9. The Hall–Kier alpha value is -2.31. The summed E-state index contributed by atoms with van der Waals surface area (Å²) in [6.07, 6.45) is 5.75. The molecule has 2 aliphatic heterocycles. The zero-order valence-electron chi connectivity index (χ0n) is 19.8. The topological polar surface area (TPSA) is 47.3 Å². The molecule has 2 fully saturated rings. The van der Waals surface area contributed by atoms with Crippen LogP contribution in [0.2, 0.25) is 0 Å². The summed E-state index contributed by atoms with van der Waals surface area (Å²) < 4.78 is 5.50. The lowest BCUT2D eigenvalue weighted by Crippen LogP contribution is -2.40. The van der Waals surface area contributed by atoms with E-state index in [1.165, 1.54) is 50.0 Å². The summed E-state index contributed by atoms with van der Waals surface area (Å²) in [4.78, 5) is 12.5. The molecule has 0 saturated carbocycles. The summed E-state index contributed by atoms with van der Waals surface area (Å²) in [6, 6.07) is 12.7. The Bertz CT molecular complexity index is 844. The van der Waals surface area contributed by atoms with Gasteiger partial charge >= 0.3 is 0 Å². The first-order valence-electron chi connectivity index (χ1n) is 12.2. The molecule has 0 bridgehead atoms. The minimum Gasteiger partial charge on any atom is -0.468 e. The lowest BCUT2D eigenvalue weighted by Gasteiger charge is -2.23. The van der Waals surface area contributed by atoms with Crippen molar-refractivity contribution in [3.63, 3.8) is 0 Å². The third-order valence-electron chi connectivity index (χ3n) is 6.60. The van der Waals surface area contributed by atoms with Crippen molar-refractivity contribution < 1.29 is 4.42 Å². The smallest absolute Gasteiger partial charge is 0.194 e. The highest BCUT2D eigenvalue weighted by molar-refractivity contribution is 5.80. The second-order valence-electron chi connectivity index (χ2n) is 9.30. The fraction of sp³-hybridized carbons (Fsp3) is 0.577. The van der Waals surface area contributed by atoms with Crippen molar-refractivity contribution >= 4 is 5.96 Å². The maximum absolute atomic E-state index is 5.50. The van der Waals surface area contributed by atoms with Gasteiger partial charge in [0, 0.05) is 32.7 Å². The highest BCUT2D eigenvalue weighted by Crippen LogP contribution is 2.21. The summed E-state index contributed by atoms with van der Waals surface area (Å²) >= 11 is 0. The van der Waals surface area contributed by atoms with E-state index in [0.29, 0.717) is 6.54 Å². The molecule has 1 N–H and O–H groups in total. The van der Waals surface area contributed by atoms with Gasteiger partial charge in [-0.05, 0) is 75.5 Å². The highest BCUT2D eigenvalue weighted by Gasteiger charge is 2.27.